The Morgan fingerprint density at radius 2 is 1.12 bits per heavy atom. The quantitative estimate of drug-likeness (QED) is 0.584. The molecule has 0 aliphatic heterocycles. The van der Waals surface area contributed by atoms with Gasteiger partial charge in [0.2, 0.25) is 0 Å². The van der Waals surface area contributed by atoms with Crippen LogP contribution < -0.4 is 0 Å². The zero-order valence-corrected chi connectivity index (χ0v) is 14.7. The first-order chi connectivity index (χ1) is 8.16. The van der Waals surface area contributed by atoms with E-state index in [2.05, 4.69) is 0 Å². The van der Waals surface area contributed by atoms with Crippen LogP contribution in [0.2, 0.25) is 9.63 Å². The van der Waals surface area contributed by atoms with Gasteiger partial charge in [-0.3, -0.25) is 0 Å². The van der Waals surface area contributed by atoms with Gasteiger partial charge in [-0.15, -0.1) is 0 Å². The molecule has 0 aromatic carbocycles. The molecule has 1 N–H and O–H groups in total. The van der Waals surface area contributed by atoms with Gasteiger partial charge >= 0.3 is 117 Å². The van der Waals surface area contributed by atoms with Gasteiger partial charge in [-0.25, -0.2) is 0 Å². The van der Waals surface area contributed by atoms with Crippen molar-refractivity contribution in [3.05, 3.63) is 0 Å². The predicted molar refractivity (Wildman–Crippen MR) is 75.0 cm³/mol. The molecule has 2 aliphatic rings. The Labute approximate surface area is 117 Å². The fourth-order valence-corrected chi connectivity index (χ4v) is 22.7. The zero-order valence-electron chi connectivity index (χ0n) is 10.3. The molecule has 0 radical (unpaired) electrons. The Bertz CT molecular complexity index is 250. The molecule has 2 fully saturated rings. The molecule has 0 aromatic heterocycles. The van der Waals surface area contributed by atoms with Crippen LogP contribution in [-0.4, -0.2) is 33.9 Å². The van der Waals surface area contributed by atoms with Crippen LogP contribution in [0, 0.1) is 0 Å². The maximum absolute atomic E-state index is 12.4. The van der Waals surface area contributed by atoms with Crippen molar-refractivity contribution in [3.8, 4) is 0 Å². The first-order valence-electron chi connectivity index (χ1n) is 6.85. The van der Waals surface area contributed by atoms with Gasteiger partial charge in [0.25, 0.3) is 0 Å². The van der Waals surface area contributed by atoms with Crippen LogP contribution in [0.5, 0.6) is 0 Å². The van der Waals surface area contributed by atoms with E-state index in [9.17, 15) is 9.46 Å². The molecule has 2 aliphatic carbocycles. The van der Waals surface area contributed by atoms with Gasteiger partial charge in [-0.1, -0.05) is 0 Å². The topological polar surface area (TPSA) is 37.3 Å². The second-order valence-electron chi connectivity index (χ2n) is 5.20. The summed E-state index contributed by atoms with van der Waals surface area (Å²) in [5.41, 5.74) is 0. The van der Waals surface area contributed by atoms with E-state index in [1.165, 1.54) is 64.2 Å². The summed E-state index contributed by atoms with van der Waals surface area (Å²) in [7, 11) is 0. The third-order valence-corrected chi connectivity index (χ3v) is 19.5. The summed E-state index contributed by atoms with van der Waals surface area (Å²) in [5.74, 6) is 0. The minimum atomic E-state index is -2.70. The molecule has 0 aromatic rings. The number of rotatable bonds is 4. The third kappa shape index (κ3) is 5.39. The summed E-state index contributed by atoms with van der Waals surface area (Å²) in [6, 6.07) is 0. The van der Waals surface area contributed by atoms with Crippen molar-refractivity contribution >= 4 is 33.8 Å². The van der Waals surface area contributed by atoms with E-state index in [0.717, 1.165) is 0 Å². The molecule has 5 heteroatoms. The second-order valence-corrected chi connectivity index (χ2v) is 21.8. The molecule has 0 atom stereocenters. The zero-order chi connectivity index (χ0) is 12.1. The average molecular weight is 388 g/mol. The van der Waals surface area contributed by atoms with Crippen molar-refractivity contribution in [1.29, 1.82) is 0 Å². The molecule has 2 saturated carbocycles. The van der Waals surface area contributed by atoms with Gasteiger partial charge in [0.15, 0.2) is 0 Å². The molecule has 0 amide bonds. The summed E-state index contributed by atoms with van der Waals surface area (Å²) in [6.45, 7) is 0. The fourth-order valence-electron chi connectivity index (χ4n) is 2.74. The van der Waals surface area contributed by atoms with Crippen LogP contribution in [0.25, 0.3) is 0 Å². The molecule has 0 heterocycles. The van der Waals surface area contributed by atoms with Crippen molar-refractivity contribution in [2.45, 2.75) is 73.8 Å². The molecule has 2 rings (SSSR count). The predicted octanol–water partition coefficient (Wildman–Crippen LogP) is 4.00. The van der Waals surface area contributed by atoms with Crippen LogP contribution in [0.1, 0.15) is 64.2 Å². The van der Waals surface area contributed by atoms with Crippen LogP contribution in [-0.2, 0) is 4.57 Å². The Morgan fingerprint density at radius 3 is 1.47 bits per heavy atom. The van der Waals surface area contributed by atoms with Crippen LogP contribution in [0.4, 0.5) is 0 Å². The monoisotopic (exact) mass is 390 g/mol. The van der Waals surface area contributed by atoms with Gasteiger partial charge in [-0.05, 0) is 0 Å². The number of hydrogen-bond acceptors (Lipinski definition) is 1. The summed E-state index contributed by atoms with van der Waals surface area (Å²) >= 11 is 0.0652. The van der Waals surface area contributed by atoms with Crippen molar-refractivity contribution in [2.24, 2.45) is 0 Å². The molecule has 2 nitrogen and oxygen atoms in total. The minimum absolute atomic E-state index is 0.0326. The van der Waals surface area contributed by atoms with Gasteiger partial charge in [-0.2, -0.15) is 0 Å². The standard InChI is InChI=1S/C12H23O2PSe2/c13-15(14,16-11-7-3-1-4-8-11)17-12-9-5-2-6-10-12/h11-12H,1-10H2,(H,13,14). The van der Waals surface area contributed by atoms with Gasteiger partial charge in [0.05, 0.1) is 0 Å². The summed E-state index contributed by atoms with van der Waals surface area (Å²) in [6.07, 6.45) is 12.8. The Morgan fingerprint density at radius 1 is 0.765 bits per heavy atom. The van der Waals surface area contributed by atoms with Crippen LogP contribution in [0.15, 0.2) is 0 Å². The molecule has 0 bridgehead atoms. The Balaban J connectivity index is 1.78. The van der Waals surface area contributed by atoms with Crippen molar-refractivity contribution in [2.75, 3.05) is 0 Å². The second kappa shape index (κ2) is 7.13. The van der Waals surface area contributed by atoms with E-state index in [0.29, 0.717) is 9.63 Å². The van der Waals surface area contributed by atoms with E-state index in [-0.39, 0.29) is 29.0 Å². The van der Waals surface area contributed by atoms with Gasteiger partial charge < -0.3 is 0 Å². The summed E-state index contributed by atoms with van der Waals surface area (Å²) in [5, 5.41) is 0. The molecule has 0 spiro atoms. The van der Waals surface area contributed by atoms with E-state index < -0.39 is 4.75 Å². The molecular weight excluding hydrogens is 365 g/mol. The van der Waals surface area contributed by atoms with Crippen molar-refractivity contribution < 1.29 is 9.46 Å². The first-order valence-corrected chi connectivity index (χ1v) is 14.9. The molecule has 0 saturated heterocycles. The molecular formula is C12H23O2PSe2. The molecule has 100 valence electrons. The van der Waals surface area contributed by atoms with E-state index in [1.54, 1.807) is 0 Å². The Kier molecular flexibility index (Phi) is 6.14. The van der Waals surface area contributed by atoms with Crippen LogP contribution in [0.3, 0.4) is 0 Å². The number of hydrogen-bond donors (Lipinski definition) is 1. The van der Waals surface area contributed by atoms with Gasteiger partial charge in [0, 0.05) is 0 Å². The van der Waals surface area contributed by atoms with E-state index >= 15 is 0 Å². The normalized spacial score (nSPS) is 25.0. The molecule has 0 unspecified atom stereocenters. The maximum atomic E-state index is 12.4. The fraction of sp³-hybridized carbons (Fsp3) is 1.00. The van der Waals surface area contributed by atoms with E-state index in [1.807, 2.05) is 0 Å². The average Bonchev–Trinajstić information content (AvgIpc) is 2.30. The Hall–Kier alpha value is 1.23. The molecule has 17 heavy (non-hydrogen) atoms. The summed E-state index contributed by atoms with van der Waals surface area (Å²) < 4.78 is 9.66. The first kappa shape index (κ1) is 14.6. The SMILES string of the molecule is O=P(O)([Se]C1CCCCC1)[Se]C1CCCCC1. The van der Waals surface area contributed by atoms with Crippen molar-refractivity contribution in [3.63, 3.8) is 0 Å². The third-order valence-electron chi connectivity index (χ3n) is 3.67. The summed E-state index contributed by atoms with van der Waals surface area (Å²) in [4.78, 5) is 11.5. The van der Waals surface area contributed by atoms with E-state index in [4.69, 9.17) is 0 Å². The van der Waals surface area contributed by atoms with Gasteiger partial charge in [0.1, 0.15) is 0 Å². The van der Waals surface area contributed by atoms with Crippen molar-refractivity contribution in [1.82, 2.24) is 0 Å². The van der Waals surface area contributed by atoms with Crippen LogP contribution >= 0.6 is 4.75 Å².